The Balaban J connectivity index is 2.94. The van der Waals surface area contributed by atoms with Crippen molar-refractivity contribution in [3.8, 4) is 0 Å². The molecule has 11 heavy (non-hydrogen) atoms. The summed E-state index contributed by atoms with van der Waals surface area (Å²) in [7, 11) is 0. The summed E-state index contributed by atoms with van der Waals surface area (Å²) in [6, 6.07) is 0. The van der Waals surface area contributed by atoms with Crippen LogP contribution in [0.5, 0.6) is 0 Å². The number of halogens is 1. The van der Waals surface area contributed by atoms with Gasteiger partial charge in [0.2, 0.25) is 0 Å². The molecule has 0 N–H and O–H groups in total. The lowest BCUT2D eigenvalue weighted by molar-refractivity contribution is 1.23. The molecule has 2 nitrogen and oxygen atoms in total. The van der Waals surface area contributed by atoms with Crippen molar-refractivity contribution in [3.05, 3.63) is 29.3 Å². The Bertz CT molecular complexity index is 396. The van der Waals surface area contributed by atoms with Gasteiger partial charge in [-0.3, -0.25) is 0 Å². The van der Waals surface area contributed by atoms with E-state index in [2.05, 4.69) is 16.9 Å². The largest absolute Gasteiger partial charge is 0.235 e. The molecule has 0 saturated heterocycles. The van der Waals surface area contributed by atoms with Crippen molar-refractivity contribution in [2.75, 3.05) is 0 Å². The molecule has 4 heteroatoms. The number of aromatic nitrogens is 2. The molecule has 2 aromatic rings. The summed E-state index contributed by atoms with van der Waals surface area (Å²) in [4.78, 5) is 7.91. The molecule has 0 unspecified atom stereocenters. The maximum Gasteiger partial charge on any atom is 0.150 e. The zero-order chi connectivity index (χ0) is 7.84. The van der Waals surface area contributed by atoms with Crippen molar-refractivity contribution in [1.29, 1.82) is 0 Å². The van der Waals surface area contributed by atoms with E-state index in [-0.39, 0.29) is 0 Å². The first-order chi connectivity index (χ1) is 5.29. The Hall–Kier alpha value is -0.670. The quantitative estimate of drug-likeness (QED) is 0.587. The van der Waals surface area contributed by atoms with Gasteiger partial charge in [0.05, 0.1) is 10.2 Å². The first kappa shape index (κ1) is 7.00. The fraction of sp³-hybridized carbons (Fsp3) is 0. The van der Waals surface area contributed by atoms with Gasteiger partial charge in [-0.2, -0.15) is 0 Å². The minimum Gasteiger partial charge on any atom is -0.235 e. The van der Waals surface area contributed by atoms with E-state index < -0.39 is 0 Å². The van der Waals surface area contributed by atoms with Crippen molar-refractivity contribution < 1.29 is 0 Å². The Kier molecular flexibility index (Phi) is 1.55. The second-order valence-electron chi connectivity index (χ2n) is 2.10. The average molecular weight is 184 g/mol. The van der Waals surface area contributed by atoms with Crippen LogP contribution in [-0.2, 0) is 0 Å². The van der Waals surface area contributed by atoms with Crippen LogP contribution in [0.1, 0.15) is 5.56 Å². The molecule has 55 valence electrons. The van der Waals surface area contributed by atoms with E-state index in [0.29, 0.717) is 5.15 Å². The van der Waals surface area contributed by atoms with Crippen molar-refractivity contribution in [3.63, 3.8) is 0 Å². The lowest BCUT2D eigenvalue weighted by Gasteiger charge is -1.90. The molecule has 1 radical (unpaired) electrons. The second-order valence-corrected chi connectivity index (χ2v) is 3.34. The predicted octanol–water partition coefficient (Wildman–Crippen LogP) is 2.53. The van der Waals surface area contributed by atoms with E-state index in [1.165, 1.54) is 17.7 Å². The third-order valence-electron chi connectivity index (χ3n) is 1.38. The Morgan fingerprint density at radius 1 is 1.45 bits per heavy atom. The number of thiophene rings is 1. The molecule has 2 heterocycles. The van der Waals surface area contributed by atoms with E-state index in [4.69, 9.17) is 11.6 Å². The molecule has 2 rings (SSSR count). The topological polar surface area (TPSA) is 25.8 Å². The number of hydrogen-bond donors (Lipinski definition) is 0. The van der Waals surface area contributed by atoms with E-state index in [1.807, 2.05) is 5.38 Å². The molecule has 0 amide bonds. The minimum atomic E-state index is 0.509. The van der Waals surface area contributed by atoms with Crippen LogP contribution >= 0.6 is 22.9 Å². The average Bonchev–Trinajstić information content (AvgIpc) is 2.35. The van der Waals surface area contributed by atoms with Gasteiger partial charge in [-0.1, -0.05) is 11.6 Å². The van der Waals surface area contributed by atoms with Gasteiger partial charge in [-0.25, -0.2) is 9.97 Å². The fourth-order valence-electron chi connectivity index (χ4n) is 0.871. The summed E-state index contributed by atoms with van der Waals surface area (Å²) in [5.74, 6) is 0. The lowest BCUT2D eigenvalue weighted by atomic mass is 10.3. The van der Waals surface area contributed by atoms with Gasteiger partial charge in [-0.05, 0) is 17.9 Å². The first-order valence-electron chi connectivity index (χ1n) is 2.98. The van der Waals surface area contributed by atoms with Gasteiger partial charge in [0, 0.05) is 0 Å². The van der Waals surface area contributed by atoms with Crippen molar-refractivity contribution >= 4 is 33.2 Å². The molecule has 0 bridgehead atoms. The molecule has 0 aromatic carbocycles. The van der Waals surface area contributed by atoms with Crippen LogP contribution in [-0.4, -0.2) is 9.97 Å². The SMILES string of the molecule is [CH2]c1csc2c(Cl)ncnc12. The molecule has 0 saturated carbocycles. The van der Waals surface area contributed by atoms with Crippen molar-refractivity contribution in [2.24, 2.45) is 0 Å². The number of hydrogen-bond acceptors (Lipinski definition) is 3. The van der Waals surface area contributed by atoms with Crippen LogP contribution in [0.25, 0.3) is 10.2 Å². The van der Waals surface area contributed by atoms with Gasteiger partial charge in [0.15, 0.2) is 0 Å². The Morgan fingerprint density at radius 2 is 2.27 bits per heavy atom. The van der Waals surface area contributed by atoms with E-state index >= 15 is 0 Å². The molecule has 2 aromatic heterocycles. The standard InChI is InChI=1S/C7H4ClN2S/c1-4-2-11-6-5(4)9-3-10-7(6)8/h2-3H,1H2. The first-order valence-corrected chi connectivity index (χ1v) is 4.24. The second kappa shape index (κ2) is 2.43. The molecular weight excluding hydrogens is 180 g/mol. The summed E-state index contributed by atoms with van der Waals surface area (Å²) >= 11 is 7.32. The van der Waals surface area contributed by atoms with Crippen LogP contribution in [0, 0.1) is 6.92 Å². The molecule has 0 aliphatic rings. The van der Waals surface area contributed by atoms with Crippen LogP contribution in [0.15, 0.2) is 11.7 Å². The Labute approximate surface area is 72.9 Å². The van der Waals surface area contributed by atoms with Gasteiger partial charge < -0.3 is 0 Å². The monoisotopic (exact) mass is 183 g/mol. The zero-order valence-corrected chi connectivity index (χ0v) is 7.11. The van der Waals surface area contributed by atoms with E-state index in [9.17, 15) is 0 Å². The van der Waals surface area contributed by atoms with Crippen LogP contribution < -0.4 is 0 Å². The molecular formula is C7H4ClN2S. The third kappa shape index (κ3) is 1.01. The van der Waals surface area contributed by atoms with Crippen molar-refractivity contribution in [2.45, 2.75) is 0 Å². The molecule has 0 aliphatic carbocycles. The van der Waals surface area contributed by atoms with Crippen LogP contribution in [0.4, 0.5) is 0 Å². The van der Waals surface area contributed by atoms with Gasteiger partial charge in [-0.15, -0.1) is 11.3 Å². The van der Waals surface area contributed by atoms with Crippen LogP contribution in [0.2, 0.25) is 5.15 Å². The highest BCUT2D eigenvalue weighted by Crippen LogP contribution is 2.27. The van der Waals surface area contributed by atoms with Crippen LogP contribution in [0.3, 0.4) is 0 Å². The highest BCUT2D eigenvalue weighted by Gasteiger charge is 2.04. The molecule has 0 fully saturated rings. The summed E-state index contributed by atoms with van der Waals surface area (Å²) in [5, 5.41) is 2.43. The third-order valence-corrected chi connectivity index (χ3v) is 2.81. The Morgan fingerprint density at radius 3 is 3.00 bits per heavy atom. The molecule has 0 atom stereocenters. The summed E-state index contributed by atoms with van der Waals surface area (Å²) in [6.07, 6.45) is 1.45. The van der Waals surface area contributed by atoms with Gasteiger partial charge in [0.25, 0.3) is 0 Å². The number of nitrogens with zero attached hydrogens (tertiary/aromatic N) is 2. The highest BCUT2D eigenvalue weighted by molar-refractivity contribution is 7.18. The lowest BCUT2D eigenvalue weighted by Crippen LogP contribution is -1.79. The summed E-state index contributed by atoms with van der Waals surface area (Å²) < 4.78 is 0.916. The minimum absolute atomic E-state index is 0.509. The van der Waals surface area contributed by atoms with Crippen molar-refractivity contribution in [1.82, 2.24) is 9.97 Å². The summed E-state index contributed by atoms with van der Waals surface area (Å²) in [5.41, 5.74) is 1.77. The highest BCUT2D eigenvalue weighted by atomic mass is 35.5. The van der Waals surface area contributed by atoms with E-state index in [0.717, 1.165) is 15.8 Å². The summed E-state index contributed by atoms with van der Waals surface area (Å²) in [6.45, 7) is 3.81. The fourth-order valence-corrected chi connectivity index (χ4v) is 1.96. The van der Waals surface area contributed by atoms with Gasteiger partial charge >= 0.3 is 0 Å². The zero-order valence-electron chi connectivity index (χ0n) is 5.54. The maximum absolute atomic E-state index is 5.80. The number of fused-ring (bicyclic) bond motifs is 1. The molecule has 0 aliphatic heterocycles. The normalized spacial score (nSPS) is 10.7. The predicted molar refractivity (Wildman–Crippen MR) is 46.9 cm³/mol. The number of rotatable bonds is 0. The smallest absolute Gasteiger partial charge is 0.150 e. The van der Waals surface area contributed by atoms with E-state index in [1.54, 1.807) is 0 Å². The van der Waals surface area contributed by atoms with Gasteiger partial charge in [0.1, 0.15) is 11.5 Å². The maximum atomic E-state index is 5.80. The molecule has 0 spiro atoms.